The van der Waals surface area contributed by atoms with E-state index in [9.17, 15) is 9.59 Å². The molecule has 0 bridgehead atoms. The molecule has 0 aliphatic rings. The van der Waals surface area contributed by atoms with Gasteiger partial charge in [-0.25, -0.2) is 0 Å². The summed E-state index contributed by atoms with van der Waals surface area (Å²) < 4.78 is 1.31. The van der Waals surface area contributed by atoms with E-state index in [2.05, 4.69) is 0 Å². The summed E-state index contributed by atoms with van der Waals surface area (Å²) >= 11 is 0. The minimum Gasteiger partial charge on any atom is -0.480 e. The zero-order valence-corrected chi connectivity index (χ0v) is 6.88. The molecule has 5 nitrogen and oxygen atoms in total. The van der Waals surface area contributed by atoms with Crippen molar-refractivity contribution in [2.24, 2.45) is 5.73 Å². The molecule has 1 rings (SSSR count). The molecule has 0 saturated heterocycles. The molecule has 0 aliphatic carbocycles. The van der Waals surface area contributed by atoms with Crippen LogP contribution in [0.25, 0.3) is 0 Å². The summed E-state index contributed by atoms with van der Waals surface area (Å²) in [6.07, 6.45) is 2.91. The quantitative estimate of drug-likeness (QED) is 0.685. The zero-order valence-electron chi connectivity index (χ0n) is 6.88. The summed E-state index contributed by atoms with van der Waals surface area (Å²) in [5.74, 6) is -1.49. The van der Waals surface area contributed by atoms with Crippen molar-refractivity contribution in [3.63, 3.8) is 0 Å². The normalized spacial score (nSPS) is 12.4. The molecule has 3 N–H and O–H groups in total. The number of hydrogen-bond donors (Lipinski definition) is 2. The van der Waals surface area contributed by atoms with Crippen LogP contribution >= 0.6 is 0 Å². The highest BCUT2D eigenvalue weighted by atomic mass is 16.4. The highest BCUT2D eigenvalue weighted by molar-refractivity contribution is 5.85. The molecule has 0 fully saturated rings. The van der Waals surface area contributed by atoms with Gasteiger partial charge in [0, 0.05) is 12.4 Å². The van der Waals surface area contributed by atoms with E-state index in [1.54, 1.807) is 24.5 Å². The first-order chi connectivity index (χ1) is 6.11. The van der Waals surface area contributed by atoms with Gasteiger partial charge in [-0.2, -0.15) is 0 Å². The molecule has 0 unspecified atom stereocenters. The molecule has 1 aromatic rings. The summed E-state index contributed by atoms with van der Waals surface area (Å²) in [5.41, 5.74) is 5.19. The summed E-state index contributed by atoms with van der Waals surface area (Å²) in [4.78, 5) is 21.6. The fourth-order valence-corrected chi connectivity index (χ4v) is 0.882. The third-order valence-corrected chi connectivity index (χ3v) is 1.60. The highest BCUT2D eigenvalue weighted by Crippen LogP contribution is 1.96. The Morgan fingerprint density at radius 2 is 1.92 bits per heavy atom. The van der Waals surface area contributed by atoms with Crippen LogP contribution in [0, 0.1) is 0 Å². The lowest BCUT2D eigenvalue weighted by molar-refractivity contribution is -0.138. The van der Waals surface area contributed by atoms with Gasteiger partial charge in [-0.05, 0) is 12.1 Å². The van der Waals surface area contributed by atoms with E-state index in [-0.39, 0.29) is 12.3 Å². The van der Waals surface area contributed by atoms with Gasteiger partial charge in [-0.15, -0.1) is 0 Å². The van der Waals surface area contributed by atoms with Crippen molar-refractivity contribution in [3.05, 3.63) is 24.5 Å². The number of rotatable bonds is 3. The van der Waals surface area contributed by atoms with E-state index in [4.69, 9.17) is 10.8 Å². The first-order valence-electron chi connectivity index (χ1n) is 3.76. The van der Waals surface area contributed by atoms with Crippen molar-refractivity contribution in [2.45, 2.75) is 12.5 Å². The summed E-state index contributed by atoms with van der Waals surface area (Å²) in [6, 6.07) is 2.24. The highest BCUT2D eigenvalue weighted by Gasteiger charge is 2.16. The number of carboxylic acids is 1. The smallest absolute Gasteiger partial charge is 0.321 e. The minimum absolute atomic E-state index is 0.190. The molecule has 0 radical (unpaired) electrons. The van der Waals surface area contributed by atoms with Gasteiger partial charge < -0.3 is 10.8 Å². The van der Waals surface area contributed by atoms with Crippen LogP contribution in [0.3, 0.4) is 0 Å². The molecule has 0 saturated carbocycles. The van der Waals surface area contributed by atoms with Gasteiger partial charge in [-0.1, -0.05) is 0 Å². The second-order valence-electron chi connectivity index (χ2n) is 2.63. The lowest BCUT2D eigenvalue weighted by Gasteiger charge is -2.05. The van der Waals surface area contributed by atoms with Gasteiger partial charge in [0.1, 0.15) is 6.04 Å². The number of carbonyl (C=O) groups is 2. The first-order valence-corrected chi connectivity index (χ1v) is 3.76. The number of carboxylic acid groups (broad SMARTS) is 1. The second kappa shape index (κ2) is 3.86. The number of carbonyl (C=O) groups excluding carboxylic acids is 1. The maximum absolute atomic E-state index is 11.2. The zero-order chi connectivity index (χ0) is 9.84. The Morgan fingerprint density at radius 1 is 1.38 bits per heavy atom. The van der Waals surface area contributed by atoms with Crippen molar-refractivity contribution < 1.29 is 14.7 Å². The van der Waals surface area contributed by atoms with E-state index in [0.717, 1.165) is 0 Å². The van der Waals surface area contributed by atoms with Crippen LogP contribution in [0.1, 0.15) is 11.2 Å². The average molecular weight is 182 g/mol. The summed E-state index contributed by atoms with van der Waals surface area (Å²) in [5, 5.41) is 8.44. The molecule has 0 aromatic carbocycles. The van der Waals surface area contributed by atoms with Crippen LogP contribution in [-0.2, 0) is 4.79 Å². The maximum atomic E-state index is 11.2. The van der Waals surface area contributed by atoms with Crippen LogP contribution in [0.5, 0.6) is 0 Å². The molecule has 0 aliphatic heterocycles. The number of hydrogen-bond acceptors (Lipinski definition) is 3. The Hall–Kier alpha value is -1.62. The molecule has 0 spiro atoms. The van der Waals surface area contributed by atoms with E-state index >= 15 is 0 Å². The molecule has 0 amide bonds. The molecular formula is C8H10N2O3. The largest absolute Gasteiger partial charge is 0.480 e. The van der Waals surface area contributed by atoms with E-state index in [1.165, 1.54) is 4.57 Å². The second-order valence-corrected chi connectivity index (χ2v) is 2.63. The third kappa shape index (κ3) is 2.41. The number of nitrogens with zero attached hydrogens (tertiary/aromatic N) is 1. The van der Waals surface area contributed by atoms with Gasteiger partial charge in [0.05, 0.1) is 6.42 Å². The van der Waals surface area contributed by atoms with Gasteiger partial charge in [0.25, 0.3) is 0 Å². The molecule has 1 atom stereocenters. The van der Waals surface area contributed by atoms with E-state index in [0.29, 0.717) is 0 Å². The minimum atomic E-state index is -1.17. The fourth-order valence-electron chi connectivity index (χ4n) is 0.882. The predicted octanol–water partition coefficient (Wildman–Crippen LogP) is -0.0697. The Balaban J connectivity index is 2.56. The van der Waals surface area contributed by atoms with E-state index < -0.39 is 12.0 Å². The van der Waals surface area contributed by atoms with E-state index in [1.807, 2.05) is 0 Å². The monoisotopic (exact) mass is 182 g/mol. The first kappa shape index (κ1) is 9.47. The number of nitrogens with two attached hydrogens (primary N) is 1. The average Bonchev–Trinajstić information content (AvgIpc) is 2.55. The standard InChI is InChI=1S/C8H10N2O3/c9-6(8(12)13)5-7(11)10-3-1-2-4-10/h1-4,6H,5,9H2,(H,12,13)/t6-/m0/s1. The molecule has 13 heavy (non-hydrogen) atoms. The Kier molecular flexibility index (Phi) is 2.81. The van der Waals surface area contributed by atoms with Crippen LogP contribution in [-0.4, -0.2) is 27.6 Å². The van der Waals surface area contributed by atoms with Crippen LogP contribution in [0.15, 0.2) is 24.5 Å². The Bertz CT molecular complexity index is 305. The topological polar surface area (TPSA) is 85.3 Å². The van der Waals surface area contributed by atoms with Gasteiger partial charge in [-0.3, -0.25) is 14.2 Å². The SMILES string of the molecule is N[C@@H](CC(=O)n1cccc1)C(=O)O. The fraction of sp³-hybridized carbons (Fsp3) is 0.250. The molecule has 1 aromatic heterocycles. The van der Waals surface area contributed by atoms with Crippen LogP contribution in [0.4, 0.5) is 0 Å². The predicted molar refractivity (Wildman–Crippen MR) is 45.3 cm³/mol. The third-order valence-electron chi connectivity index (χ3n) is 1.60. The van der Waals surface area contributed by atoms with Crippen molar-refractivity contribution >= 4 is 11.9 Å². The molecule has 5 heteroatoms. The number of aromatic nitrogens is 1. The summed E-state index contributed by atoms with van der Waals surface area (Å²) in [6.45, 7) is 0. The molecule has 1 heterocycles. The Morgan fingerprint density at radius 3 is 2.38 bits per heavy atom. The van der Waals surface area contributed by atoms with Crippen molar-refractivity contribution in [2.75, 3.05) is 0 Å². The van der Waals surface area contributed by atoms with Crippen molar-refractivity contribution in [1.82, 2.24) is 4.57 Å². The maximum Gasteiger partial charge on any atom is 0.321 e. The van der Waals surface area contributed by atoms with Gasteiger partial charge in [0.15, 0.2) is 0 Å². The number of aliphatic carboxylic acids is 1. The van der Waals surface area contributed by atoms with Gasteiger partial charge in [0.2, 0.25) is 5.91 Å². The van der Waals surface area contributed by atoms with Gasteiger partial charge >= 0.3 is 5.97 Å². The molecular weight excluding hydrogens is 172 g/mol. The van der Waals surface area contributed by atoms with Crippen LogP contribution < -0.4 is 5.73 Å². The van der Waals surface area contributed by atoms with Crippen LogP contribution in [0.2, 0.25) is 0 Å². The van der Waals surface area contributed by atoms with Crippen molar-refractivity contribution in [3.8, 4) is 0 Å². The molecule has 70 valence electrons. The lowest BCUT2D eigenvalue weighted by Crippen LogP contribution is -2.33. The summed E-state index contributed by atoms with van der Waals surface area (Å²) in [7, 11) is 0. The lowest BCUT2D eigenvalue weighted by atomic mass is 10.2. The van der Waals surface area contributed by atoms with Crippen molar-refractivity contribution in [1.29, 1.82) is 0 Å². The Labute approximate surface area is 74.8 Å².